The first-order valence-corrected chi connectivity index (χ1v) is 6.85. The molecule has 1 atom stereocenters. The molecule has 1 fully saturated rings. The summed E-state index contributed by atoms with van der Waals surface area (Å²) >= 11 is 0. The van der Waals surface area contributed by atoms with Gasteiger partial charge >= 0.3 is 0 Å². The van der Waals surface area contributed by atoms with E-state index in [0.29, 0.717) is 6.54 Å². The van der Waals surface area contributed by atoms with Crippen LogP contribution in [-0.2, 0) is 11.3 Å². The Hall–Kier alpha value is -1.29. The molecule has 1 saturated carbocycles. The molecule has 0 radical (unpaired) electrons. The van der Waals surface area contributed by atoms with Crippen LogP contribution in [0.4, 0.5) is 0 Å². The van der Waals surface area contributed by atoms with Gasteiger partial charge in [-0.15, -0.1) is 0 Å². The van der Waals surface area contributed by atoms with E-state index in [2.05, 4.69) is 30.5 Å². The van der Waals surface area contributed by atoms with E-state index in [0.717, 1.165) is 19.0 Å². The highest BCUT2D eigenvalue weighted by Crippen LogP contribution is 2.27. The first kappa shape index (κ1) is 13.1. The summed E-state index contributed by atoms with van der Waals surface area (Å²) in [7, 11) is 0. The summed E-state index contributed by atoms with van der Waals surface area (Å²) in [6, 6.07) is 4.35. The van der Waals surface area contributed by atoms with Crippen molar-refractivity contribution >= 4 is 5.91 Å². The molecule has 1 aromatic heterocycles. The largest absolute Gasteiger partial charge is 0.354 e. The van der Waals surface area contributed by atoms with Gasteiger partial charge in [-0.25, -0.2) is 0 Å². The van der Waals surface area contributed by atoms with Crippen LogP contribution in [0.15, 0.2) is 18.3 Å². The summed E-state index contributed by atoms with van der Waals surface area (Å²) in [6.45, 7) is 6.41. The fourth-order valence-corrected chi connectivity index (χ4v) is 2.17. The Morgan fingerprint density at radius 2 is 2.33 bits per heavy atom. The van der Waals surface area contributed by atoms with Crippen LogP contribution in [0.25, 0.3) is 0 Å². The third-order valence-corrected chi connectivity index (χ3v) is 3.42. The molecule has 4 heteroatoms. The lowest BCUT2D eigenvalue weighted by Crippen LogP contribution is -2.30. The normalized spacial score (nSPS) is 16.6. The van der Waals surface area contributed by atoms with Crippen molar-refractivity contribution < 1.29 is 4.79 Å². The third-order valence-electron chi connectivity index (χ3n) is 3.42. The fraction of sp³-hybridized carbons (Fsp3) is 0.643. The minimum atomic E-state index is 0.114. The van der Waals surface area contributed by atoms with Gasteiger partial charge in [0.05, 0.1) is 0 Å². The Bertz CT molecular complexity index is 395. The van der Waals surface area contributed by atoms with Gasteiger partial charge in [-0.3, -0.25) is 4.79 Å². The zero-order valence-corrected chi connectivity index (χ0v) is 11.3. The van der Waals surface area contributed by atoms with Crippen LogP contribution < -0.4 is 10.6 Å². The van der Waals surface area contributed by atoms with Crippen molar-refractivity contribution in [2.45, 2.75) is 39.3 Å². The number of carbonyl (C=O) groups excluding carboxylic acids is 1. The Balaban J connectivity index is 1.87. The van der Waals surface area contributed by atoms with Crippen LogP contribution in [0, 0.1) is 5.92 Å². The maximum absolute atomic E-state index is 11.8. The number of rotatable bonds is 7. The number of amides is 1. The average molecular weight is 249 g/mol. The molecule has 2 N–H and O–H groups in total. The van der Waals surface area contributed by atoms with E-state index in [4.69, 9.17) is 0 Å². The second-order valence-corrected chi connectivity index (χ2v) is 5.09. The van der Waals surface area contributed by atoms with Crippen LogP contribution in [0.1, 0.15) is 38.4 Å². The van der Waals surface area contributed by atoms with Crippen LogP contribution >= 0.6 is 0 Å². The predicted octanol–water partition coefficient (Wildman–Crippen LogP) is 1.68. The van der Waals surface area contributed by atoms with Gasteiger partial charge in [0.2, 0.25) is 5.91 Å². The highest BCUT2D eigenvalue weighted by atomic mass is 16.1. The first-order chi connectivity index (χ1) is 8.70. The van der Waals surface area contributed by atoms with Crippen molar-refractivity contribution in [3.05, 3.63) is 24.0 Å². The molecule has 1 heterocycles. The average Bonchev–Trinajstić information content (AvgIpc) is 3.06. The van der Waals surface area contributed by atoms with Gasteiger partial charge < -0.3 is 15.2 Å². The van der Waals surface area contributed by atoms with E-state index in [9.17, 15) is 4.79 Å². The smallest absolute Gasteiger partial charge is 0.239 e. The molecular weight excluding hydrogens is 226 g/mol. The third kappa shape index (κ3) is 3.60. The van der Waals surface area contributed by atoms with Gasteiger partial charge in [-0.05, 0) is 44.4 Å². The van der Waals surface area contributed by atoms with Crippen molar-refractivity contribution in [3.8, 4) is 0 Å². The second-order valence-electron chi connectivity index (χ2n) is 5.09. The molecular formula is C14H23N3O. The van der Waals surface area contributed by atoms with Gasteiger partial charge in [0.1, 0.15) is 6.54 Å². The summed E-state index contributed by atoms with van der Waals surface area (Å²) in [5.41, 5.74) is 1.17. The maximum atomic E-state index is 11.8. The van der Waals surface area contributed by atoms with E-state index in [1.165, 1.54) is 18.5 Å². The van der Waals surface area contributed by atoms with Crippen LogP contribution in [0.3, 0.4) is 0 Å². The minimum Gasteiger partial charge on any atom is -0.354 e. The molecule has 0 aliphatic heterocycles. The molecule has 0 saturated heterocycles. The van der Waals surface area contributed by atoms with Gasteiger partial charge in [-0.1, -0.05) is 6.92 Å². The summed E-state index contributed by atoms with van der Waals surface area (Å²) in [5, 5.41) is 6.37. The fourth-order valence-electron chi connectivity index (χ4n) is 2.17. The molecule has 1 unspecified atom stereocenters. The van der Waals surface area contributed by atoms with Gasteiger partial charge in [-0.2, -0.15) is 0 Å². The molecule has 0 aromatic carbocycles. The van der Waals surface area contributed by atoms with Crippen LogP contribution in [-0.4, -0.2) is 23.6 Å². The Morgan fingerprint density at radius 3 is 3.00 bits per heavy atom. The summed E-state index contributed by atoms with van der Waals surface area (Å²) in [6.07, 6.45) is 4.51. The highest BCUT2D eigenvalue weighted by molar-refractivity contribution is 5.75. The molecule has 1 aromatic rings. The maximum Gasteiger partial charge on any atom is 0.239 e. The quantitative estimate of drug-likeness (QED) is 0.772. The van der Waals surface area contributed by atoms with Crippen molar-refractivity contribution in [3.63, 3.8) is 0 Å². The Labute approximate surface area is 109 Å². The van der Waals surface area contributed by atoms with E-state index in [-0.39, 0.29) is 11.9 Å². The Morgan fingerprint density at radius 1 is 1.56 bits per heavy atom. The minimum absolute atomic E-state index is 0.114. The van der Waals surface area contributed by atoms with Gasteiger partial charge in [0.25, 0.3) is 0 Å². The number of hydrogen-bond donors (Lipinski definition) is 2. The van der Waals surface area contributed by atoms with Crippen LogP contribution in [0.5, 0.6) is 0 Å². The van der Waals surface area contributed by atoms with Crippen molar-refractivity contribution in [1.82, 2.24) is 15.2 Å². The Kier molecular flexibility index (Phi) is 4.42. The standard InChI is InChI=1S/C14H23N3O/c1-3-15-11(2)13-5-4-8-17(13)10-14(18)16-9-12-6-7-12/h4-5,8,11-12,15H,3,6-7,9-10H2,1-2H3,(H,16,18). The number of aromatic nitrogens is 1. The number of nitrogens with one attached hydrogen (secondary N) is 2. The predicted molar refractivity (Wildman–Crippen MR) is 72.3 cm³/mol. The zero-order valence-electron chi connectivity index (χ0n) is 11.3. The summed E-state index contributed by atoms with van der Waals surface area (Å²) in [5.74, 6) is 0.849. The molecule has 1 aliphatic rings. The topological polar surface area (TPSA) is 46.1 Å². The lowest BCUT2D eigenvalue weighted by Gasteiger charge is -2.16. The number of carbonyl (C=O) groups is 1. The van der Waals surface area contributed by atoms with Crippen LogP contribution in [0.2, 0.25) is 0 Å². The lowest BCUT2D eigenvalue weighted by atomic mass is 10.2. The molecule has 18 heavy (non-hydrogen) atoms. The second kappa shape index (κ2) is 6.05. The van der Waals surface area contributed by atoms with E-state index >= 15 is 0 Å². The SMILES string of the molecule is CCNC(C)c1cccn1CC(=O)NCC1CC1. The monoisotopic (exact) mass is 249 g/mol. The molecule has 4 nitrogen and oxygen atoms in total. The summed E-state index contributed by atoms with van der Waals surface area (Å²) in [4.78, 5) is 11.8. The van der Waals surface area contributed by atoms with E-state index in [1.54, 1.807) is 0 Å². The lowest BCUT2D eigenvalue weighted by molar-refractivity contribution is -0.121. The first-order valence-electron chi connectivity index (χ1n) is 6.85. The molecule has 100 valence electrons. The highest BCUT2D eigenvalue weighted by Gasteiger charge is 2.21. The zero-order chi connectivity index (χ0) is 13.0. The summed E-state index contributed by atoms with van der Waals surface area (Å²) < 4.78 is 2.02. The van der Waals surface area contributed by atoms with Crippen molar-refractivity contribution in [1.29, 1.82) is 0 Å². The molecule has 2 rings (SSSR count). The van der Waals surface area contributed by atoms with E-state index < -0.39 is 0 Å². The van der Waals surface area contributed by atoms with Crippen molar-refractivity contribution in [2.75, 3.05) is 13.1 Å². The molecule has 0 bridgehead atoms. The number of nitrogens with zero attached hydrogens (tertiary/aromatic N) is 1. The molecule has 1 amide bonds. The number of hydrogen-bond acceptors (Lipinski definition) is 2. The van der Waals surface area contributed by atoms with Gasteiger partial charge in [0, 0.05) is 24.5 Å². The van der Waals surface area contributed by atoms with Crippen molar-refractivity contribution in [2.24, 2.45) is 5.92 Å². The van der Waals surface area contributed by atoms with E-state index in [1.807, 2.05) is 16.8 Å². The van der Waals surface area contributed by atoms with Gasteiger partial charge in [0.15, 0.2) is 0 Å². The molecule has 1 aliphatic carbocycles. The molecule has 0 spiro atoms.